The summed E-state index contributed by atoms with van der Waals surface area (Å²) in [6, 6.07) is -0.992. The molecule has 3 aliphatic heterocycles. The van der Waals surface area contributed by atoms with E-state index in [0.717, 1.165) is 64.2 Å². The number of carbonyl (C=O) groups excluding carboxylic acids is 1. The topological polar surface area (TPSA) is 307 Å². The SMILES string of the molecule is CC/C=C\C/C=C\C/C=C\C/C=C\CCCCCCCCCCCCCCCCCCCCCCCCCCCCC(=O)NC(COC1OC(CO)C(OC2OC(CO)C(OC3OC(CO)C(O)C(O)C3O)C(O)C2O)C(O)C1O)C(O)/C=C/CC/C=C/CCCCCCCCCCCCCCCCCCCC. The fourth-order valence-corrected chi connectivity index (χ4v) is 14.7. The van der Waals surface area contributed by atoms with Crippen molar-refractivity contribution in [3.63, 3.8) is 0 Å². The van der Waals surface area contributed by atoms with Crippen molar-refractivity contribution in [1.82, 2.24) is 5.32 Å². The fourth-order valence-electron chi connectivity index (χ4n) is 14.7. The summed E-state index contributed by atoms with van der Waals surface area (Å²) in [7, 11) is 0. The van der Waals surface area contributed by atoms with Crippen molar-refractivity contribution in [2.75, 3.05) is 26.4 Å². The van der Waals surface area contributed by atoms with Crippen LogP contribution in [0.3, 0.4) is 0 Å². The number of hydrogen-bond donors (Lipinski definition) is 12. The molecule has 0 bridgehead atoms. The number of aliphatic hydroxyl groups is 11. The van der Waals surface area contributed by atoms with Gasteiger partial charge < -0.3 is 89.9 Å². The van der Waals surface area contributed by atoms with Gasteiger partial charge in [-0.2, -0.15) is 0 Å². The first-order valence-electron chi connectivity index (χ1n) is 44.2. The third-order valence-electron chi connectivity index (χ3n) is 21.7. The molecular formula is C89H161NO18. The van der Waals surface area contributed by atoms with Gasteiger partial charge in [0, 0.05) is 6.42 Å². The highest BCUT2D eigenvalue weighted by Crippen LogP contribution is 2.33. The van der Waals surface area contributed by atoms with Gasteiger partial charge in [0.25, 0.3) is 0 Å². The fraction of sp³-hybridized carbons (Fsp3) is 0.854. The lowest BCUT2D eigenvalue weighted by Gasteiger charge is -2.48. The van der Waals surface area contributed by atoms with Crippen LogP contribution in [0.25, 0.3) is 0 Å². The predicted molar refractivity (Wildman–Crippen MR) is 434 cm³/mol. The van der Waals surface area contributed by atoms with E-state index in [9.17, 15) is 61.0 Å². The van der Waals surface area contributed by atoms with Crippen LogP contribution >= 0.6 is 0 Å². The molecular weight excluding hydrogens is 1370 g/mol. The molecule has 108 heavy (non-hydrogen) atoms. The molecule has 630 valence electrons. The van der Waals surface area contributed by atoms with E-state index in [1.165, 1.54) is 257 Å². The zero-order chi connectivity index (χ0) is 78.1. The van der Waals surface area contributed by atoms with Crippen LogP contribution in [0.4, 0.5) is 0 Å². The van der Waals surface area contributed by atoms with Gasteiger partial charge in [0.05, 0.1) is 38.6 Å². The van der Waals surface area contributed by atoms with E-state index in [0.29, 0.717) is 12.8 Å². The van der Waals surface area contributed by atoms with Crippen LogP contribution in [0.2, 0.25) is 0 Å². The van der Waals surface area contributed by atoms with Crippen LogP contribution in [0.5, 0.6) is 0 Å². The Morgan fingerprint density at radius 1 is 0.343 bits per heavy atom. The van der Waals surface area contributed by atoms with Crippen molar-refractivity contribution >= 4 is 5.91 Å². The van der Waals surface area contributed by atoms with E-state index in [-0.39, 0.29) is 18.9 Å². The van der Waals surface area contributed by atoms with Gasteiger partial charge in [0.2, 0.25) is 5.91 Å². The molecule has 19 nitrogen and oxygen atoms in total. The summed E-state index contributed by atoms with van der Waals surface area (Å²) in [6.45, 7) is 1.65. The standard InChI is InChI=1S/C89H161NO18/c1-3-5-7-9-11-13-15-17-19-21-23-25-27-29-30-31-32-33-34-35-36-37-38-39-40-41-42-43-45-47-49-51-53-55-57-59-61-63-65-67-77(95)90-72(73(94)66-64-62-60-58-56-54-52-50-48-46-44-28-26-24-22-20-18-16-14-12-10-8-6-4-2)71-103-87-83(101)80(98)85(75(69-92)105-87)108-89-84(102)81(99)86(76(70-93)106-89)107-88-82(100)79(97)78(96)74(68-91)104-88/h5,7,11,13,17,19,23,25,56,58,64,66,72-76,78-89,91-94,96-102H,3-4,6,8-10,12,14-16,18,20-22,24,26-55,57,59-63,65,67-71H2,1-2H3,(H,90,95)/b7-5-,13-11-,19-17-,25-23-,58-56+,66-64+. The minimum Gasteiger partial charge on any atom is -0.394 e. The molecule has 19 heteroatoms. The lowest BCUT2D eigenvalue weighted by Crippen LogP contribution is -2.66. The molecule has 0 aromatic rings. The summed E-state index contributed by atoms with van der Waals surface area (Å²) < 4.78 is 34.5. The Morgan fingerprint density at radius 3 is 1.04 bits per heavy atom. The molecule has 0 spiro atoms. The molecule has 0 radical (unpaired) electrons. The monoisotopic (exact) mass is 1530 g/mol. The molecule has 12 N–H and O–H groups in total. The molecule has 17 unspecified atom stereocenters. The second-order valence-electron chi connectivity index (χ2n) is 31.3. The van der Waals surface area contributed by atoms with E-state index in [4.69, 9.17) is 28.4 Å². The van der Waals surface area contributed by atoms with E-state index < -0.39 is 124 Å². The summed E-state index contributed by atoms with van der Waals surface area (Å²) in [5.74, 6) is -0.279. The number of rotatable bonds is 71. The zero-order valence-corrected chi connectivity index (χ0v) is 67.8. The van der Waals surface area contributed by atoms with E-state index in [1.54, 1.807) is 6.08 Å². The lowest BCUT2D eigenvalue weighted by molar-refractivity contribution is -0.379. The van der Waals surface area contributed by atoms with Crippen molar-refractivity contribution < 1.29 is 89.4 Å². The van der Waals surface area contributed by atoms with Crippen LogP contribution in [-0.4, -0.2) is 193 Å². The van der Waals surface area contributed by atoms with E-state index in [2.05, 4.69) is 79.9 Å². The predicted octanol–water partition coefficient (Wildman–Crippen LogP) is 16.3. The van der Waals surface area contributed by atoms with Crippen LogP contribution in [-0.2, 0) is 33.2 Å². The number of ether oxygens (including phenoxy) is 6. The molecule has 0 saturated carbocycles. The maximum absolute atomic E-state index is 13.5. The number of unbranched alkanes of at least 4 members (excludes halogenated alkanes) is 45. The maximum Gasteiger partial charge on any atom is 0.220 e. The maximum atomic E-state index is 13.5. The highest BCUT2D eigenvalue weighted by atomic mass is 16.8. The molecule has 0 aliphatic carbocycles. The molecule has 17 atom stereocenters. The summed E-state index contributed by atoms with van der Waals surface area (Å²) in [5.41, 5.74) is 0. The molecule has 3 rings (SSSR count). The smallest absolute Gasteiger partial charge is 0.220 e. The largest absolute Gasteiger partial charge is 0.394 e. The van der Waals surface area contributed by atoms with Gasteiger partial charge in [-0.05, 0) is 70.6 Å². The highest BCUT2D eigenvalue weighted by Gasteiger charge is 2.54. The van der Waals surface area contributed by atoms with Gasteiger partial charge in [-0.15, -0.1) is 0 Å². The number of nitrogens with one attached hydrogen (secondary N) is 1. The molecule has 1 amide bonds. The van der Waals surface area contributed by atoms with Crippen LogP contribution in [0, 0.1) is 0 Å². The van der Waals surface area contributed by atoms with E-state index >= 15 is 0 Å². The van der Waals surface area contributed by atoms with Crippen molar-refractivity contribution in [3.05, 3.63) is 72.9 Å². The van der Waals surface area contributed by atoms with Crippen molar-refractivity contribution in [2.45, 2.75) is 458 Å². The Bertz CT molecular complexity index is 2230. The second kappa shape index (κ2) is 68.6. The van der Waals surface area contributed by atoms with Crippen LogP contribution in [0.1, 0.15) is 354 Å². The van der Waals surface area contributed by atoms with Gasteiger partial charge >= 0.3 is 0 Å². The number of amides is 1. The number of carbonyl (C=O) groups is 1. The molecule has 0 aromatic carbocycles. The molecule has 3 fully saturated rings. The summed E-state index contributed by atoms with van der Waals surface area (Å²) in [5, 5.41) is 121. The Hall–Kier alpha value is -2.77. The molecule has 3 aliphatic rings. The number of aliphatic hydroxyl groups excluding tert-OH is 11. The molecule has 0 aromatic heterocycles. The minimum absolute atomic E-state index is 0.238. The van der Waals surface area contributed by atoms with Crippen molar-refractivity contribution in [2.24, 2.45) is 0 Å². The third-order valence-corrected chi connectivity index (χ3v) is 21.7. The van der Waals surface area contributed by atoms with Crippen molar-refractivity contribution in [1.29, 1.82) is 0 Å². The average molecular weight is 1530 g/mol. The Labute approximate surface area is 655 Å². The normalized spacial score (nSPS) is 25.7. The van der Waals surface area contributed by atoms with Gasteiger partial charge in [-0.25, -0.2) is 0 Å². The Morgan fingerprint density at radius 2 is 0.648 bits per heavy atom. The molecule has 3 saturated heterocycles. The first-order chi connectivity index (χ1) is 52.8. The zero-order valence-electron chi connectivity index (χ0n) is 67.8. The summed E-state index contributed by atoms with van der Waals surface area (Å²) in [4.78, 5) is 13.5. The third kappa shape index (κ3) is 47.2. The van der Waals surface area contributed by atoms with Gasteiger partial charge in [0.1, 0.15) is 73.2 Å². The van der Waals surface area contributed by atoms with Crippen LogP contribution in [0.15, 0.2) is 72.9 Å². The van der Waals surface area contributed by atoms with Gasteiger partial charge in [-0.3, -0.25) is 4.79 Å². The Kier molecular flexibility index (Phi) is 63.2. The highest BCUT2D eigenvalue weighted by molar-refractivity contribution is 5.76. The first kappa shape index (κ1) is 99.4. The second-order valence-corrected chi connectivity index (χ2v) is 31.3. The quantitative estimate of drug-likeness (QED) is 0.0199. The lowest BCUT2D eigenvalue weighted by atomic mass is 9.96. The summed E-state index contributed by atoms with van der Waals surface area (Å²) >= 11 is 0. The van der Waals surface area contributed by atoms with Crippen molar-refractivity contribution in [3.8, 4) is 0 Å². The van der Waals surface area contributed by atoms with Gasteiger partial charge in [-0.1, -0.05) is 350 Å². The minimum atomic E-state index is -1.98. The molecule has 3 heterocycles. The number of hydrogen-bond acceptors (Lipinski definition) is 18. The number of allylic oxidation sites excluding steroid dienone is 11. The summed E-state index contributed by atoms with van der Waals surface area (Å²) in [6.07, 6.45) is 64.9. The van der Waals surface area contributed by atoms with Crippen LogP contribution < -0.4 is 5.32 Å². The van der Waals surface area contributed by atoms with Gasteiger partial charge in [0.15, 0.2) is 18.9 Å². The first-order valence-corrected chi connectivity index (χ1v) is 44.2. The van der Waals surface area contributed by atoms with E-state index in [1.807, 2.05) is 6.08 Å². The Balaban J connectivity index is 1.31. The average Bonchev–Trinajstić information content (AvgIpc) is 0.775.